The molecule has 0 atom stereocenters. The number of hydrogen-bond acceptors (Lipinski definition) is 6. The Balaban J connectivity index is 1.61. The van der Waals surface area contributed by atoms with Crippen molar-refractivity contribution in [1.82, 2.24) is 14.9 Å². The summed E-state index contributed by atoms with van der Waals surface area (Å²) in [6.07, 6.45) is 1.44. The largest absolute Gasteiger partial charge is 0.477 e. The van der Waals surface area contributed by atoms with Crippen LogP contribution in [0, 0.1) is 5.92 Å². The van der Waals surface area contributed by atoms with Crippen molar-refractivity contribution >= 4 is 17.8 Å². The van der Waals surface area contributed by atoms with Gasteiger partial charge in [-0.3, -0.25) is 4.79 Å². The van der Waals surface area contributed by atoms with Gasteiger partial charge in [0, 0.05) is 32.4 Å². The monoisotopic (exact) mass is 292 g/mol. The van der Waals surface area contributed by atoms with Crippen LogP contribution in [0.5, 0.6) is 0 Å². The molecule has 1 N–H and O–H groups in total. The van der Waals surface area contributed by atoms with Gasteiger partial charge in [0.2, 0.25) is 11.9 Å². The summed E-state index contributed by atoms with van der Waals surface area (Å²) in [5.74, 6) is -0.532. The highest BCUT2D eigenvalue weighted by molar-refractivity contribution is 5.85. The molecule has 0 bridgehead atoms. The molecule has 0 unspecified atom stereocenters. The van der Waals surface area contributed by atoms with Crippen LogP contribution in [0.1, 0.15) is 10.5 Å². The highest BCUT2D eigenvalue weighted by Gasteiger charge is 2.32. The number of carbonyl (C=O) groups excluding carboxylic acids is 1. The number of anilines is 1. The summed E-state index contributed by atoms with van der Waals surface area (Å²) < 4.78 is 5.04. The van der Waals surface area contributed by atoms with Gasteiger partial charge in [-0.05, 0) is 6.07 Å². The summed E-state index contributed by atoms with van der Waals surface area (Å²) in [4.78, 5) is 34.9. The molecule has 1 aromatic heterocycles. The van der Waals surface area contributed by atoms with Gasteiger partial charge in [0.25, 0.3) is 0 Å². The minimum absolute atomic E-state index is 0.00291. The third-order valence-electron chi connectivity index (χ3n) is 3.72. The van der Waals surface area contributed by atoms with Crippen molar-refractivity contribution in [3.05, 3.63) is 18.0 Å². The first-order chi connectivity index (χ1) is 10.1. The Bertz CT molecular complexity index is 553. The first kappa shape index (κ1) is 13.7. The van der Waals surface area contributed by atoms with E-state index < -0.39 is 5.97 Å². The molecule has 2 aliphatic rings. The number of amides is 1. The number of carboxylic acid groups (broad SMARTS) is 1. The summed E-state index contributed by atoms with van der Waals surface area (Å²) in [6.45, 7) is 3.42. The molecule has 2 saturated heterocycles. The molecule has 21 heavy (non-hydrogen) atoms. The van der Waals surface area contributed by atoms with E-state index in [2.05, 4.69) is 9.97 Å². The van der Waals surface area contributed by atoms with E-state index in [-0.39, 0.29) is 17.5 Å². The molecular formula is C13H16N4O4. The van der Waals surface area contributed by atoms with E-state index in [1.54, 1.807) is 0 Å². The molecule has 2 aliphatic heterocycles. The number of nitrogens with zero attached hydrogens (tertiary/aromatic N) is 4. The molecule has 8 heteroatoms. The molecule has 112 valence electrons. The molecule has 8 nitrogen and oxygen atoms in total. The number of hydrogen-bond donors (Lipinski definition) is 1. The maximum Gasteiger partial charge on any atom is 0.354 e. The highest BCUT2D eigenvalue weighted by atomic mass is 16.5. The molecular weight excluding hydrogens is 276 g/mol. The van der Waals surface area contributed by atoms with E-state index in [0.29, 0.717) is 45.3 Å². The van der Waals surface area contributed by atoms with Crippen molar-refractivity contribution in [2.75, 3.05) is 44.3 Å². The Morgan fingerprint density at radius 2 is 1.95 bits per heavy atom. The van der Waals surface area contributed by atoms with Crippen molar-refractivity contribution in [1.29, 1.82) is 0 Å². The fraction of sp³-hybridized carbons (Fsp3) is 0.538. The van der Waals surface area contributed by atoms with Crippen molar-refractivity contribution in [2.24, 2.45) is 5.92 Å². The van der Waals surface area contributed by atoms with Crippen LogP contribution in [0.3, 0.4) is 0 Å². The maximum absolute atomic E-state index is 12.1. The molecule has 2 fully saturated rings. The number of piperazine rings is 1. The van der Waals surface area contributed by atoms with Gasteiger partial charge < -0.3 is 19.6 Å². The Morgan fingerprint density at radius 3 is 2.52 bits per heavy atom. The second-order valence-electron chi connectivity index (χ2n) is 5.09. The summed E-state index contributed by atoms with van der Waals surface area (Å²) in [6, 6.07) is 1.36. The quantitative estimate of drug-likeness (QED) is 0.800. The molecule has 0 spiro atoms. The van der Waals surface area contributed by atoms with Crippen LogP contribution in [-0.4, -0.2) is 71.2 Å². The number of carboxylic acids is 1. The average molecular weight is 292 g/mol. The van der Waals surface area contributed by atoms with E-state index in [1.165, 1.54) is 12.3 Å². The predicted octanol–water partition coefficient (Wildman–Crippen LogP) is -0.530. The van der Waals surface area contributed by atoms with Crippen LogP contribution in [0.4, 0.5) is 5.95 Å². The van der Waals surface area contributed by atoms with Crippen LogP contribution in [0.2, 0.25) is 0 Å². The van der Waals surface area contributed by atoms with Gasteiger partial charge in [0.1, 0.15) is 0 Å². The number of carbonyl (C=O) groups is 2. The number of ether oxygens (including phenoxy) is 1. The zero-order valence-electron chi connectivity index (χ0n) is 11.4. The van der Waals surface area contributed by atoms with E-state index in [1.807, 2.05) is 9.80 Å². The summed E-state index contributed by atoms with van der Waals surface area (Å²) >= 11 is 0. The topological polar surface area (TPSA) is 95.9 Å². The molecule has 0 aliphatic carbocycles. The molecule has 0 radical (unpaired) electrons. The second kappa shape index (κ2) is 5.65. The molecule has 1 aromatic rings. The van der Waals surface area contributed by atoms with Gasteiger partial charge in [-0.15, -0.1) is 0 Å². The number of rotatable bonds is 3. The highest BCUT2D eigenvalue weighted by Crippen LogP contribution is 2.17. The Hall–Kier alpha value is -2.22. The summed E-state index contributed by atoms with van der Waals surface area (Å²) in [5.41, 5.74) is -0.0230. The minimum atomic E-state index is -1.07. The fourth-order valence-corrected chi connectivity index (χ4v) is 2.38. The summed E-state index contributed by atoms with van der Waals surface area (Å²) in [5, 5.41) is 8.94. The van der Waals surface area contributed by atoms with E-state index in [4.69, 9.17) is 9.84 Å². The van der Waals surface area contributed by atoms with Gasteiger partial charge in [0.15, 0.2) is 5.69 Å². The van der Waals surface area contributed by atoms with E-state index >= 15 is 0 Å². The third-order valence-corrected chi connectivity index (χ3v) is 3.72. The zero-order valence-corrected chi connectivity index (χ0v) is 11.4. The lowest BCUT2D eigenvalue weighted by molar-refractivity contribution is -0.150. The van der Waals surface area contributed by atoms with Crippen molar-refractivity contribution in [2.45, 2.75) is 0 Å². The van der Waals surface area contributed by atoms with E-state index in [9.17, 15) is 9.59 Å². The van der Waals surface area contributed by atoms with Gasteiger partial charge in [-0.2, -0.15) is 0 Å². The second-order valence-corrected chi connectivity index (χ2v) is 5.09. The van der Waals surface area contributed by atoms with Crippen molar-refractivity contribution in [3.63, 3.8) is 0 Å². The van der Waals surface area contributed by atoms with Gasteiger partial charge in [-0.1, -0.05) is 0 Å². The average Bonchev–Trinajstić information content (AvgIpc) is 2.46. The lowest BCUT2D eigenvalue weighted by Gasteiger charge is -2.38. The normalized spacial score (nSPS) is 19.2. The molecule has 1 amide bonds. The Labute approximate surface area is 121 Å². The Morgan fingerprint density at radius 1 is 1.24 bits per heavy atom. The standard InChI is InChI=1S/C13H16N4O4/c18-11(9-7-21-8-9)16-3-5-17(6-4-16)13-14-2-1-10(15-13)12(19)20/h1-2,9H,3-8H2,(H,19,20). The molecule has 0 saturated carbocycles. The first-order valence-electron chi connectivity index (χ1n) is 6.83. The minimum Gasteiger partial charge on any atom is -0.477 e. The van der Waals surface area contributed by atoms with Crippen LogP contribution >= 0.6 is 0 Å². The smallest absolute Gasteiger partial charge is 0.354 e. The number of aromatic nitrogens is 2. The van der Waals surface area contributed by atoms with Gasteiger partial charge in [-0.25, -0.2) is 14.8 Å². The number of aromatic carboxylic acids is 1. The van der Waals surface area contributed by atoms with Crippen LogP contribution in [0.25, 0.3) is 0 Å². The zero-order chi connectivity index (χ0) is 14.8. The first-order valence-corrected chi connectivity index (χ1v) is 6.83. The SMILES string of the molecule is O=C(O)c1ccnc(N2CCN(C(=O)C3COC3)CC2)n1. The summed E-state index contributed by atoms with van der Waals surface area (Å²) in [7, 11) is 0. The molecule has 3 rings (SSSR count). The molecule has 3 heterocycles. The Kier molecular flexibility index (Phi) is 3.70. The van der Waals surface area contributed by atoms with Crippen LogP contribution in [0.15, 0.2) is 12.3 Å². The third kappa shape index (κ3) is 2.80. The van der Waals surface area contributed by atoms with Crippen LogP contribution < -0.4 is 4.90 Å². The fourth-order valence-electron chi connectivity index (χ4n) is 2.38. The van der Waals surface area contributed by atoms with Crippen molar-refractivity contribution < 1.29 is 19.4 Å². The van der Waals surface area contributed by atoms with Crippen molar-refractivity contribution in [3.8, 4) is 0 Å². The van der Waals surface area contributed by atoms with Gasteiger partial charge >= 0.3 is 5.97 Å². The lowest BCUT2D eigenvalue weighted by atomic mass is 10.1. The lowest BCUT2D eigenvalue weighted by Crippen LogP contribution is -2.53. The van der Waals surface area contributed by atoms with Gasteiger partial charge in [0.05, 0.1) is 19.1 Å². The van der Waals surface area contributed by atoms with E-state index in [0.717, 1.165) is 0 Å². The maximum atomic E-state index is 12.1. The predicted molar refractivity (Wildman–Crippen MR) is 72.1 cm³/mol. The van der Waals surface area contributed by atoms with Crippen LogP contribution in [-0.2, 0) is 9.53 Å². The molecule has 0 aromatic carbocycles.